The van der Waals surface area contributed by atoms with Crippen molar-refractivity contribution >= 4 is 53.8 Å². The molecule has 1 aliphatic rings. The van der Waals surface area contributed by atoms with Crippen molar-refractivity contribution in [3.05, 3.63) is 77.9 Å². The molecule has 3 unspecified atom stereocenters. The molecule has 12 nitrogen and oxygen atoms in total. The number of hydrogen-bond donors (Lipinski definition) is 5. The van der Waals surface area contributed by atoms with Gasteiger partial charge in [-0.05, 0) is 66.1 Å². The van der Waals surface area contributed by atoms with E-state index in [-0.39, 0.29) is 31.0 Å². The Balaban J connectivity index is 1.42. The number of fused-ring (bicyclic) bond motifs is 1. The summed E-state index contributed by atoms with van der Waals surface area (Å²) in [7, 11) is -2.78. The van der Waals surface area contributed by atoms with E-state index in [9.17, 15) is 33.5 Å². The molecule has 0 saturated carbocycles. The summed E-state index contributed by atoms with van der Waals surface area (Å²) in [5, 5.41) is 7.51. The van der Waals surface area contributed by atoms with Crippen LogP contribution in [0.25, 0.3) is 10.8 Å². The Morgan fingerprint density at radius 2 is 1.69 bits per heavy atom. The number of ether oxygens (including phenoxy) is 1. The third-order valence-corrected chi connectivity index (χ3v) is 10.9. The summed E-state index contributed by atoms with van der Waals surface area (Å²) in [5.41, 5.74) is 7.00. The van der Waals surface area contributed by atoms with Gasteiger partial charge in [-0.1, -0.05) is 54.6 Å². The van der Waals surface area contributed by atoms with Crippen molar-refractivity contribution in [2.45, 2.75) is 63.1 Å². The highest BCUT2D eigenvalue weighted by atomic mass is 32.2. The lowest BCUT2D eigenvalue weighted by Gasteiger charge is -2.37. The maximum absolute atomic E-state index is 13.9. The highest BCUT2D eigenvalue weighted by Gasteiger charge is 2.37. The first-order chi connectivity index (χ1) is 22.9. The summed E-state index contributed by atoms with van der Waals surface area (Å²) in [6, 6.07) is 18.0. The number of methoxy groups -OCH3 is 1. The zero-order valence-electron chi connectivity index (χ0n) is 26.9. The molecule has 3 aromatic carbocycles. The summed E-state index contributed by atoms with van der Waals surface area (Å²) in [5.74, 6) is -1.52. The number of piperidine rings is 1. The van der Waals surface area contributed by atoms with E-state index in [0.29, 0.717) is 32.1 Å². The highest BCUT2D eigenvalue weighted by molar-refractivity contribution is 8.04. The Morgan fingerprint density at radius 1 is 0.979 bits per heavy atom. The van der Waals surface area contributed by atoms with Gasteiger partial charge >= 0.3 is 7.60 Å². The van der Waals surface area contributed by atoms with Crippen LogP contribution >= 0.6 is 19.4 Å². The molecule has 0 aliphatic carbocycles. The number of hydrogen-bond acceptors (Lipinski definition) is 7. The van der Waals surface area contributed by atoms with Gasteiger partial charge < -0.3 is 35.8 Å². The van der Waals surface area contributed by atoms with Gasteiger partial charge in [0.2, 0.25) is 23.6 Å². The molecule has 0 bridgehead atoms. The SMILES string of the molecule is COc1ccc(CCCC(=O)NC(CSCP(=O)(O)O)C(=O)N2CCCCC2C(=O)NC(Cc2ccc3ccccc3c2)C(N)=O)cc1. The average Bonchev–Trinajstić information content (AvgIpc) is 3.06. The van der Waals surface area contributed by atoms with Crippen LogP contribution in [0.15, 0.2) is 66.7 Å². The summed E-state index contributed by atoms with van der Waals surface area (Å²) < 4.78 is 16.7. The molecule has 4 rings (SSSR count). The fourth-order valence-corrected chi connectivity index (χ4v) is 7.57. The molecule has 0 spiro atoms. The minimum absolute atomic E-state index is 0.0924. The lowest BCUT2D eigenvalue weighted by atomic mass is 9.98. The Hall–Kier alpha value is -3.90. The van der Waals surface area contributed by atoms with Gasteiger partial charge in [0.05, 0.1) is 12.6 Å². The Morgan fingerprint density at radius 3 is 2.38 bits per heavy atom. The first-order valence-electron chi connectivity index (χ1n) is 15.9. The van der Waals surface area contributed by atoms with Crippen LogP contribution in [0.2, 0.25) is 0 Å². The molecule has 0 radical (unpaired) electrons. The molecule has 1 saturated heterocycles. The van der Waals surface area contributed by atoms with E-state index in [0.717, 1.165) is 39.4 Å². The van der Waals surface area contributed by atoms with Gasteiger partial charge in [-0.2, -0.15) is 0 Å². The van der Waals surface area contributed by atoms with Crippen molar-refractivity contribution in [3.63, 3.8) is 0 Å². The van der Waals surface area contributed by atoms with E-state index in [1.165, 1.54) is 4.90 Å². The Kier molecular flexibility index (Phi) is 13.5. The minimum Gasteiger partial charge on any atom is -0.497 e. The van der Waals surface area contributed by atoms with Crippen LogP contribution in [-0.4, -0.2) is 81.3 Å². The maximum Gasteiger partial charge on any atom is 0.335 e. The number of primary amides is 1. The van der Waals surface area contributed by atoms with Crippen LogP contribution in [0.5, 0.6) is 5.75 Å². The fourth-order valence-electron chi connectivity index (χ4n) is 5.74. The molecular weight excluding hydrogens is 655 g/mol. The van der Waals surface area contributed by atoms with E-state index in [2.05, 4.69) is 10.6 Å². The number of nitrogens with one attached hydrogen (secondary N) is 2. The van der Waals surface area contributed by atoms with Crippen molar-refractivity contribution in [2.24, 2.45) is 5.73 Å². The third-order valence-electron chi connectivity index (χ3n) is 8.21. The van der Waals surface area contributed by atoms with Crippen molar-refractivity contribution in [3.8, 4) is 5.75 Å². The van der Waals surface area contributed by atoms with Crippen molar-refractivity contribution in [1.82, 2.24) is 15.5 Å². The summed E-state index contributed by atoms with van der Waals surface area (Å²) in [4.78, 5) is 73.1. The predicted octanol–water partition coefficient (Wildman–Crippen LogP) is 3.12. The molecule has 4 amide bonds. The molecule has 3 atom stereocenters. The number of likely N-dealkylation sites (tertiary alicyclic amines) is 1. The fraction of sp³-hybridized carbons (Fsp3) is 0.412. The second-order valence-electron chi connectivity index (χ2n) is 11.9. The number of nitrogens with zero attached hydrogens (tertiary/aromatic N) is 1. The number of benzene rings is 3. The number of carbonyl (C=O) groups is 4. The topological polar surface area (TPSA) is 188 Å². The van der Waals surface area contributed by atoms with Gasteiger partial charge in [0.25, 0.3) is 0 Å². The Bertz CT molecular complexity index is 1630. The van der Waals surface area contributed by atoms with Crippen molar-refractivity contribution in [1.29, 1.82) is 0 Å². The van der Waals surface area contributed by atoms with Gasteiger partial charge in [0.1, 0.15) is 23.9 Å². The molecule has 1 heterocycles. The third kappa shape index (κ3) is 11.1. The van der Waals surface area contributed by atoms with Crippen LogP contribution in [-0.2, 0) is 36.6 Å². The van der Waals surface area contributed by atoms with Crippen LogP contribution in [0.1, 0.15) is 43.2 Å². The average molecular weight is 699 g/mol. The van der Waals surface area contributed by atoms with Crippen LogP contribution in [0.4, 0.5) is 0 Å². The predicted molar refractivity (Wildman–Crippen MR) is 185 cm³/mol. The van der Waals surface area contributed by atoms with Gasteiger partial charge in [-0.3, -0.25) is 23.7 Å². The molecule has 258 valence electrons. The molecule has 0 aromatic heterocycles. The molecule has 48 heavy (non-hydrogen) atoms. The monoisotopic (exact) mass is 698 g/mol. The molecule has 3 aromatic rings. The lowest BCUT2D eigenvalue weighted by Crippen LogP contribution is -2.60. The highest BCUT2D eigenvalue weighted by Crippen LogP contribution is 2.38. The number of rotatable bonds is 16. The van der Waals surface area contributed by atoms with E-state index in [4.69, 9.17) is 10.5 Å². The molecule has 6 N–H and O–H groups in total. The molecule has 1 fully saturated rings. The largest absolute Gasteiger partial charge is 0.497 e. The minimum atomic E-state index is -4.36. The number of aryl methyl sites for hydroxylation is 1. The zero-order chi connectivity index (χ0) is 34.7. The van der Waals surface area contributed by atoms with Gasteiger partial charge in [0.15, 0.2) is 0 Å². The van der Waals surface area contributed by atoms with Crippen LogP contribution < -0.4 is 21.1 Å². The first-order valence-corrected chi connectivity index (χ1v) is 18.8. The lowest BCUT2D eigenvalue weighted by molar-refractivity contribution is -0.145. The Labute approximate surface area is 284 Å². The van der Waals surface area contributed by atoms with Gasteiger partial charge in [-0.25, -0.2) is 0 Å². The summed E-state index contributed by atoms with van der Waals surface area (Å²) in [6.45, 7) is 0.246. The molecule has 14 heteroatoms. The smallest absolute Gasteiger partial charge is 0.335 e. The first kappa shape index (κ1) is 36.9. The second-order valence-corrected chi connectivity index (χ2v) is 15.0. The van der Waals surface area contributed by atoms with E-state index < -0.39 is 48.9 Å². The van der Waals surface area contributed by atoms with E-state index in [1.54, 1.807) is 7.11 Å². The maximum atomic E-state index is 13.9. The van der Waals surface area contributed by atoms with Crippen LogP contribution in [0.3, 0.4) is 0 Å². The number of nitrogens with two attached hydrogens (primary N) is 1. The molecule has 1 aliphatic heterocycles. The zero-order valence-corrected chi connectivity index (χ0v) is 28.6. The standard InChI is InChI=1S/C34H43N4O8PS/c1-46-27-16-13-23(14-17-27)7-6-11-31(39)36-29(21-48-22-47(43,44)45)34(42)38-18-5-4-10-30(38)33(41)37-28(32(35)40)20-24-12-15-25-8-2-3-9-26(25)19-24/h2-3,8-9,12-17,19,28-30H,4-7,10-11,18,20-22H2,1H3,(H2,35,40)(H,36,39)(H,37,41)(H2,43,44,45). The number of thioether (sulfide) groups is 1. The van der Waals surface area contributed by atoms with Crippen molar-refractivity contribution < 1.29 is 38.3 Å². The van der Waals surface area contributed by atoms with E-state index in [1.807, 2.05) is 66.7 Å². The number of carbonyl (C=O) groups excluding carboxylic acids is 4. The van der Waals surface area contributed by atoms with Crippen LogP contribution in [0, 0.1) is 0 Å². The number of amides is 4. The quantitative estimate of drug-likeness (QED) is 0.140. The summed E-state index contributed by atoms with van der Waals surface area (Å²) in [6.07, 6.45) is 3.07. The van der Waals surface area contributed by atoms with Gasteiger partial charge in [0, 0.05) is 25.1 Å². The normalized spacial score (nSPS) is 16.1. The summed E-state index contributed by atoms with van der Waals surface area (Å²) >= 11 is 0.854. The van der Waals surface area contributed by atoms with Gasteiger partial charge in [-0.15, -0.1) is 11.8 Å². The van der Waals surface area contributed by atoms with Crippen molar-refractivity contribution in [2.75, 3.05) is 24.9 Å². The second kappa shape index (κ2) is 17.5. The van der Waals surface area contributed by atoms with E-state index >= 15 is 0 Å². The molecular formula is C34H43N4O8PS.